The molecule has 2 aromatic rings. The molecule has 0 unspecified atom stereocenters. The standard InChI is InChI=1S/C64H106N14O12/c1-3-4-5-6-7-8-9-10-11-12-13-14-18-28-57(84)76-52(42-79)53(80)30-31-58(85)75-51(40-48-41-71-43-74-48)56(83)39-47(36-44-23-16-15-17-24-44)62(90)77-49(27-22-35-73-64(68)69)54(81)38-46(25-19-20-33-65)61(89)78-50(29-32-59(86)87)55(82)37-45(60(88)70-2)26-21-34-72-63(66)67/h15-17,23-24,41,43,45-47,49-52,79H,3-14,18-22,25-40,42,65H2,1-2H3,(H,70,88)(H,71,74)(H,75,85)(H,76,84)(H,77,90)(H,78,89)(H,86,87)(H4,66,67,72)(H4,68,69,73)/t45-,46-,47-,49+,50+,51+,52+/m1/s1. The SMILES string of the molecule is CCCCCCCCCCCCCCCC(=O)N[C@@H](CO)C(=O)CCC(=O)N[C@@H](Cc1cnc[nH]1)C(=O)C[C@@H](Cc1ccccc1)C(=O)N[C@@H](CCCN=C(N)N)C(=O)C[C@@H](CCCCN)C(=O)N[C@@H](CCC(=O)O)C(=O)C[C@@H](CCCN=C(N)N)C(=O)NC. The molecule has 1 aromatic carbocycles. The molecule has 0 aliphatic carbocycles. The van der Waals surface area contributed by atoms with E-state index in [1.807, 2.05) is 0 Å². The van der Waals surface area contributed by atoms with Gasteiger partial charge in [0.05, 0.1) is 31.1 Å². The lowest BCUT2D eigenvalue weighted by Crippen LogP contribution is -2.49. The zero-order valence-electron chi connectivity index (χ0n) is 53.3. The van der Waals surface area contributed by atoms with E-state index in [2.05, 4.69) is 53.5 Å². The van der Waals surface area contributed by atoms with Gasteiger partial charge in [0.2, 0.25) is 29.5 Å². The Morgan fingerprint density at radius 1 is 0.522 bits per heavy atom. The zero-order chi connectivity index (χ0) is 66.5. The van der Waals surface area contributed by atoms with E-state index >= 15 is 0 Å². The normalized spacial score (nSPS) is 13.4. The Bertz CT molecular complexity index is 2520. The van der Waals surface area contributed by atoms with Gasteiger partial charge in [0.25, 0.3) is 0 Å². The maximum absolute atomic E-state index is 14.8. The second-order valence-corrected chi connectivity index (χ2v) is 23.3. The number of nitrogens with one attached hydrogen (secondary N) is 6. The highest BCUT2D eigenvalue weighted by atomic mass is 16.4. The first-order valence-electron chi connectivity index (χ1n) is 32.4. The van der Waals surface area contributed by atoms with Crippen LogP contribution < -0.4 is 55.3 Å². The Morgan fingerprint density at radius 2 is 1.02 bits per heavy atom. The highest BCUT2D eigenvalue weighted by Crippen LogP contribution is 2.22. The molecule has 7 atom stereocenters. The molecule has 26 nitrogen and oxygen atoms in total. The number of amides is 5. The molecule has 0 saturated heterocycles. The van der Waals surface area contributed by atoms with Crippen LogP contribution >= 0.6 is 0 Å². The Hall–Kier alpha value is -7.61. The Balaban J connectivity index is 2.33. The van der Waals surface area contributed by atoms with Crippen LogP contribution in [0.3, 0.4) is 0 Å². The fourth-order valence-electron chi connectivity index (χ4n) is 10.6. The van der Waals surface area contributed by atoms with Crippen molar-refractivity contribution in [3.8, 4) is 0 Å². The minimum Gasteiger partial charge on any atom is -0.481 e. The first-order chi connectivity index (χ1) is 43.2. The lowest BCUT2D eigenvalue weighted by molar-refractivity contribution is -0.139. The minimum absolute atomic E-state index is 0.00704. The number of nitrogens with zero attached hydrogens (tertiary/aromatic N) is 3. The molecule has 0 radical (unpaired) electrons. The molecule has 1 heterocycles. The van der Waals surface area contributed by atoms with Gasteiger partial charge in [0.15, 0.2) is 35.1 Å². The first kappa shape index (κ1) is 78.5. The van der Waals surface area contributed by atoms with Crippen LogP contribution in [0.2, 0.25) is 0 Å². The van der Waals surface area contributed by atoms with Crippen molar-refractivity contribution in [2.75, 3.05) is 33.3 Å². The topological polar surface area (TPSA) is 455 Å². The molecule has 26 heteroatoms. The number of aromatic amines is 1. The van der Waals surface area contributed by atoms with Gasteiger partial charge in [0.1, 0.15) is 6.04 Å². The summed E-state index contributed by atoms with van der Waals surface area (Å²) in [5, 5.41) is 33.1. The van der Waals surface area contributed by atoms with Gasteiger partial charge in [-0.3, -0.25) is 57.9 Å². The second kappa shape index (κ2) is 47.4. The number of aliphatic imine (C=N–C) groups is 2. The number of rotatable bonds is 54. The molecule has 90 heavy (non-hydrogen) atoms. The average Bonchev–Trinajstić information content (AvgIpc) is 2.88. The third-order valence-corrected chi connectivity index (χ3v) is 15.8. The van der Waals surface area contributed by atoms with Crippen molar-refractivity contribution in [3.05, 3.63) is 54.1 Å². The summed E-state index contributed by atoms with van der Waals surface area (Å²) in [6, 6.07) is 3.71. The molecular weight excluding hydrogens is 1160 g/mol. The Labute approximate surface area is 530 Å². The summed E-state index contributed by atoms with van der Waals surface area (Å²) in [6.45, 7) is 2.04. The second-order valence-electron chi connectivity index (χ2n) is 23.3. The number of ketones is 4. The molecule has 0 bridgehead atoms. The van der Waals surface area contributed by atoms with Crippen molar-refractivity contribution >= 4 is 70.6 Å². The van der Waals surface area contributed by atoms with Gasteiger partial charge in [-0.05, 0) is 69.9 Å². The lowest BCUT2D eigenvalue weighted by atomic mass is 9.88. The molecule has 504 valence electrons. The van der Waals surface area contributed by atoms with E-state index in [1.165, 1.54) is 70.9 Å². The fourth-order valence-corrected chi connectivity index (χ4v) is 10.6. The van der Waals surface area contributed by atoms with Crippen LogP contribution in [-0.4, -0.2) is 148 Å². The number of aliphatic hydroxyl groups is 1. The number of nitrogens with two attached hydrogens (primary N) is 5. The molecule has 0 fully saturated rings. The van der Waals surface area contributed by atoms with E-state index in [-0.39, 0.29) is 108 Å². The van der Waals surface area contributed by atoms with Gasteiger partial charge in [0, 0.05) is 101 Å². The number of hydrogen-bond donors (Lipinski definition) is 13. The third-order valence-electron chi connectivity index (χ3n) is 15.8. The number of hydrogen-bond acceptors (Lipinski definition) is 15. The van der Waals surface area contributed by atoms with Gasteiger partial charge in [-0.2, -0.15) is 0 Å². The van der Waals surface area contributed by atoms with Gasteiger partial charge in [-0.1, -0.05) is 121 Å². The molecule has 5 amide bonds. The number of benzene rings is 1. The first-order valence-corrected chi connectivity index (χ1v) is 32.4. The van der Waals surface area contributed by atoms with Gasteiger partial charge < -0.3 is 70.4 Å². The number of carboxylic acid groups (broad SMARTS) is 1. The zero-order valence-corrected chi connectivity index (χ0v) is 53.3. The number of aliphatic carboxylic acids is 1. The number of carbonyl (C=O) groups is 10. The summed E-state index contributed by atoms with van der Waals surface area (Å²) in [5.74, 6) is -10.0. The number of carboxylic acids is 1. The Kier molecular flexibility index (Phi) is 41.3. The number of guanidine groups is 2. The van der Waals surface area contributed by atoms with Crippen LogP contribution in [0.5, 0.6) is 0 Å². The average molecular weight is 1260 g/mol. The number of imidazole rings is 1. The maximum Gasteiger partial charge on any atom is 0.303 e. The van der Waals surface area contributed by atoms with Crippen molar-refractivity contribution in [2.24, 2.45) is 56.4 Å². The number of aliphatic hydroxyl groups excluding tert-OH is 1. The summed E-state index contributed by atoms with van der Waals surface area (Å²) in [7, 11) is 1.40. The van der Waals surface area contributed by atoms with Crippen LogP contribution in [0.25, 0.3) is 0 Å². The quantitative estimate of drug-likeness (QED) is 0.0256. The maximum atomic E-state index is 14.8. The van der Waals surface area contributed by atoms with Crippen LogP contribution in [0.15, 0.2) is 52.8 Å². The van der Waals surface area contributed by atoms with Gasteiger partial charge >= 0.3 is 5.97 Å². The van der Waals surface area contributed by atoms with E-state index in [4.69, 9.17) is 28.7 Å². The number of carbonyl (C=O) groups excluding carboxylic acids is 9. The summed E-state index contributed by atoms with van der Waals surface area (Å²) in [5.41, 5.74) is 29.0. The van der Waals surface area contributed by atoms with E-state index in [9.17, 15) is 58.2 Å². The summed E-state index contributed by atoms with van der Waals surface area (Å²) >= 11 is 0. The van der Waals surface area contributed by atoms with Gasteiger partial charge in [-0.25, -0.2) is 4.98 Å². The van der Waals surface area contributed by atoms with Crippen molar-refractivity contribution < 1.29 is 58.2 Å². The smallest absolute Gasteiger partial charge is 0.303 e. The van der Waals surface area contributed by atoms with Crippen molar-refractivity contribution in [3.63, 3.8) is 0 Å². The molecule has 2 rings (SSSR count). The van der Waals surface area contributed by atoms with E-state index in [0.29, 0.717) is 36.9 Å². The van der Waals surface area contributed by atoms with E-state index in [0.717, 1.165) is 25.7 Å². The number of H-pyrrole nitrogens is 1. The molecule has 1 aromatic heterocycles. The predicted molar refractivity (Wildman–Crippen MR) is 345 cm³/mol. The highest BCUT2D eigenvalue weighted by Gasteiger charge is 2.35. The lowest BCUT2D eigenvalue weighted by Gasteiger charge is -2.26. The molecule has 0 aliphatic heterocycles. The number of unbranched alkanes of at least 4 members (excludes halogenated alkanes) is 13. The minimum atomic E-state index is -1.36. The molecular formula is C64H106N14O12. The monoisotopic (exact) mass is 1260 g/mol. The molecule has 0 aliphatic rings. The molecule has 0 saturated carbocycles. The fraction of sp³-hybridized carbons (Fsp3) is 0.672. The van der Waals surface area contributed by atoms with Crippen LogP contribution in [0, 0.1) is 17.8 Å². The van der Waals surface area contributed by atoms with Crippen LogP contribution in [0.4, 0.5) is 0 Å². The third kappa shape index (κ3) is 35.5. The predicted octanol–water partition coefficient (Wildman–Crippen LogP) is 3.53. The van der Waals surface area contributed by atoms with E-state index < -0.39 is 121 Å². The van der Waals surface area contributed by atoms with Crippen LogP contribution in [0.1, 0.15) is 198 Å². The summed E-state index contributed by atoms with van der Waals surface area (Å²) in [6.07, 6.45) is 16.7. The van der Waals surface area contributed by atoms with Gasteiger partial charge in [-0.15, -0.1) is 0 Å². The van der Waals surface area contributed by atoms with Crippen molar-refractivity contribution in [1.82, 2.24) is 36.6 Å². The van der Waals surface area contributed by atoms with Crippen molar-refractivity contribution in [1.29, 1.82) is 0 Å². The van der Waals surface area contributed by atoms with Crippen LogP contribution in [-0.2, 0) is 60.8 Å². The summed E-state index contributed by atoms with van der Waals surface area (Å²) in [4.78, 5) is 152. The summed E-state index contributed by atoms with van der Waals surface area (Å²) < 4.78 is 0. The molecule has 0 spiro atoms. The highest BCUT2D eigenvalue weighted by molar-refractivity contribution is 5.98. The van der Waals surface area contributed by atoms with E-state index in [1.54, 1.807) is 30.3 Å². The largest absolute Gasteiger partial charge is 0.481 e. The number of Topliss-reactive ketones (excluding diaryl/α,β-unsaturated/α-hetero) is 4. The Morgan fingerprint density at radius 3 is 1.56 bits per heavy atom. The van der Waals surface area contributed by atoms with Crippen molar-refractivity contribution in [2.45, 2.75) is 224 Å². The number of aromatic nitrogens is 2. The molecule has 18 N–H and O–H groups in total.